The minimum atomic E-state index is -1.00. The Bertz CT molecular complexity index is 1810. The van der Waals surface area contributed by atoms with Crippen molar-refractivity contribution < 1.29 is 18.0 Å². The van der Waals surface area contributed by atoms with E-state index >= 15 is 4.39 Å². The normalized spacial score (nSPS) is 17.2. The Morgan fingerprint density at radius 1 is 0.955 bits per heavy atom. The highest BCUT2D eigenvalue weighted by molar-refractivity contribution is 5.91. The highest BCUT2D eigenvalue weighted by Crippen LogP contribution is 2.35. The quantitative estimate of drug-likeness (QED) is 0.267. The number of hydrogen-bond donors (Lipinski definition) is 0. The Balaban J connectivity index is 1.86. The van der Waals surface area contributed by atoms with Gasteiger partial charge in [0.15, 0.2) is 5.65 Å². The molecule has 0 unspecified atom stereocenters. The first-order valence-electron chi connectivity index (χ1n) is 14.5. The van der Waals surface area contributed by atoms with Crippen LogP contribution in [-0.4, -0.2) is 60.5 Å². The average molecular weight is 606 g/mol. The molecule has 0 radical (unpaired) electrons. The fraction of sp³-hybridized carbons (Fsp3) is 0.375. The molecular weight excluding hydrogens is 571 g/mol. The van der Waals surface area contributed by atoms with E-state index in [9.17, 15) is 18.4 Å². The monoisotopic (exact) mass is 605 g/mol. The Morgan fingerprint density at radius 2 is 1.61 bits per heavy atom. The van der Waals surface area contributed by atoms with Crippen LogP contribution in [0.25, 0.3) is 28.0 Å². The number of nitrogens with zero attached hydrogens (tertiary/aromatic N) is 7. The van der Waals surface area contributed by atoms with Gasteiger partial charge >= 0.3 is 5.69 Å². The van der Waals surface area contributed by atoms with Crippen molar-refractivity contribution in [2.45, 2.75) is 65.5 Å². The van der Waals surface area contributed by atoms with Crippen LogP contribution in [0.4, 0.5) is 19.0 Å². The molecule has 44 heavy (non-hydrogen) atoms. The second-order valence-corrected chi connectivity index (χ2v) is 11.7. The number of aromatic nitrogens is 5. The van der Waals surface area contributed by atoms with Crippen molar-refractivity contribution in [3.63, 3.8) is 0 Å². The van der Waals surface area contributed by atoms with Crippen molar-refractivity contribution in [2.24, 2.45) is 0 Å². The van der Waals surface area contributed by atoms with Crippen molar-refractivity contribution >= 4 is 22.8 Å². The van der Waals surface area contributed by atoms with Gasteiger partial charge in [0, 0.05) is 36.8 Å². The van der Waals surface area contributed by atoms with Crippen LogP contribution in [0.1, 0.15) is 64.8 Å². The Morgan fingerprint density at radius 3 is 2.20 bits per heavy atom. The van der Waals surface area contributed by atoms with Crippen LogP contribution < -0.4 is 10.6 Å². The summed E-state index contributed by atoms with van der Waals surface area (Å²) in [7, 11) is 0. The van der Waals surface area contributed by atoms with Gasteiger partial charge in [-0.15, -0.1) is 0 Å². The van der Waals surface area contributed by atoms with Crippen LogP contribution in [0.5, 0.6) is 0 Å². The number of piperazine rings is 1. The molecule has 230 valence electrons. The van der Waals surface area contributed by atoms with Gasteiger partial charge in [0.05, 0.1) is 22.5 Å². The average Bonchev–Trinajstić information content (AvgIpc) is 2.97. The van der Waals surface area contributed by atoms with Crippen LogP contribution in [0.3, 0.4) is 0 Å². The van der Waals surface area contributed by atoms with E-state index in [1.54, 1.807) is 4.90 Å². The molecule has 1 aliphatic rings. The first kappa shape index (κ1) is 30.8. The second kappa shape index (κ2) is 11.8. The molecule has 1 aromatic carbocycles. The zero-order valence-electron chi connectivity index (χ0n) is 25.5. The number of halogens is 3. The minimum Gasteiger partial charge on any atom is -0.349 e. The third-order valence-electron chi connectivity index (χ3n) is 7.90. The zero-order chi connectivity index (χ0) is 32.0. The number of rotatable bonds is 6. The van der Waals surface area contributed by atoms with Gasteiger partial charge in [0.25, 0.3) is 0 Å². The predicted octanol–water partition coefficient (Wildman–Crippen LogP) is 5.51. The van der Waals surface area contributed by atoms with Gasteiger partial charge in [-0.05, 0) is 50.0 Å². The lowest BCUT2D eigenvalue weighted by Gasteiger charge is -2.44. The van der Waals surface area contributed by atoms with E-state index in [0.29, 0.717) is 36.2 Å². The molecule has 2 atom stereocenters. The lowest BCUT2D eigenvalue weighted by atomic mass is 10.0. The fourth-order valence-corrected chi connectivity index (χ4v) is 5.72. The number of carbonyl (C=O) groups is 1. The maximum Gasteiger partial charge on any atom is 0.355 e. The Hall–Kier alpha value is -4.61. The third kappa shape index (κ3) is 5.33. The fourth-order valence-electron chi connectivity index (χ4n) is 5.72. The molecular formula is C32H34F3N7O2. The number of pyridine rings is 1. The molecule has 9 nitrogen and oxygen atoms in total. The lowest BCUT2D eigenvalue weighted by molar-refractivity contribution is -0.128. The molecule has 0 aliphatic carbocycles. The largest absolute Gasteiger partial charge is 0.355 e. The van der Waals surface area contributed by atoms with Crippen molar-refractivity contribution in [2.75, 3.05) is 18.0 Å². The summed E-state index contributed by atoms with van der Waals surface area (Å²) in [6.07, 6.45) is 2.69. The molecule has 12 heteroatoms. The Labute approximate surface area is 253 Å². The van der Waals surface area contributed by atoms with E-state index in [-0.39, 0.29) is 52.2 Å². The van der Waals surface area contributed by atoms with Gasteiger partial charge in [0.1, 0.15) is 35.3 Å². The number of benzene rings is 1. The molecule has 1 fully saturated rings. The van der Waals surface area contributed by atoms with Crippen LogP contribution in [0, 0.1) is 17.5 Å². The number of hydrogen-bond acceptors (Lipinski definition) is 7. The highest BCUT2D eigenvalue weighted by Gasteiger charge is 2.34. The molecule has 0 spiro atoms. The first-order chi connectivity index (χ1) is 20.8. The summed E-state index contributed by atoms with van der Waals surface area (Å²) in [6, 6.07) is 3.36. The third-order valence-corrected chi connectivity index (χ3v) is 7.90. The van der Waals surface area contributed by atoms with Gasteiger partial charge in [-0.2, -0.15) is 4.98 Å². The van der Waals surface area contributed by atoms with Gasteiger partial charge in [-0.1, -0.05) is 34.3 Å². The topological polar surface area (TPSA) is 97.1 Å². The van der Waals surface area contributed by atoms with Gasteiger partial charge in [0.2, 0.25) is 5.91 Å². The van der Waals surface area contributed by atoms with Crippen molar-refractivity contribution in [1.29, 1.82) is 0 Å². The maximum atomic E-state index is 15.9. The van der Waals surface area contributed by atoms with E-state index in [4.69, 9.17) is 0 Å². The van der Waals surface area contributed by atoms with Crippen molar-refractivity contribution in [3.8, 4) is 16.9 Å². The molecule has 3 aromatic heterocycles. The maximum absolute atomic E-state index is 15.9. The van der Waals surface area contributed by atoms with Gasteiger partial charge < -0.3 is 9.80 Å². The second-order valence-electron chi connectivity index (χ2n) is 11.7. The summed E-state index contributed by atoms with van der Waals surface area (Å²) in [5, 5.41) is 0.198. The highest BCUT2D eigenvalue weighted by atomic mass is 19.1. The minimum absolute atomic E-state index is 0.0168. The number of amides is 1. The molecule has 4 aromatic rings. The van der Waals surface area contributed by atoms with Crippen LogP contribution in [-0.2, 0) is 4.79 Å². The summed E-state index contributed by atoms with van der Waals surface area (Å²) >= 11 is 0. The van der Waals surface area contributed by atoms with E-state index in [0.717, 1.165) is 12.1 Å². The summed E-state index contributed by atoms with van der Waals surface area (Å²) in [6.45, 7) is 15.6. The lowest BCUT2D eigenvalue weighted by Crippen LogP contribution is -2.58. The summed E-state index contributed by atoms with van der Waals surface area (Å²) < 4.78 is 45.9. The summed E-state index contributed by atoms with van der Waals surface area (Å²) in [5.74, 6) is -3.03. The molecule has 1 amide bonds. The summed E-state index contributed by atoms with van der Waals surface area (Å²) in [4.78, 5) is 48.1. The van der Waals surface area contributed by atoms with Crippen LogP contribution in [0.15, 0.2) is 48.0 Å². The number of fused-ring (bicyclic) bond motifs is 1. The standard InChI is InChI=1S/C32H34F3N7O2/c1-8-25(43)40-13-19(7)41(14-18(40)6)30-22-12-24(35)28(21-10-9-20(33)11-23(21)34)38-31(22)42(32(44)39-30)29-26(16(2)3)36-15-37-27(29)17(4)5/h8-12,15-19H,1,13-14H2,2-7H3/t18-,19+/m1/s1. The SMILES string of the molecule is C=CC(=O)N1C[C@H](C)N(c2nc(=O)n(-c3c(C(C)C)ncnc3C(C)C)c3nc(-c4ccc(F)cc4F)c(F)cc23)C[C@H]1C. The molecule has 0 N–H and O–H groups in total. The molecule has 0 saturated carbocycles. The van der Waals surface area contributed by atoms with Gasteiger partial charge in [-0.3, -0.25) is 4.79 Å². The molecule has 1 saturated heterocycles. The Kier molecular flexibility index (Phi) is 8.28. The van der Waals surface area contributed by atoms with Gasteiger partial charge in [-0.25, -0.2) is 37.5 Å². The van der Waals surface area contributed by atoms with Crippen LogP contribution in [0.2, 0.25) is 0 Å². The van der Waals surface area contributed by atoms with Crippen molar-refractivity contribution in [3.05, 3.63) is 82.6 Å². The number of anilines is 1. The van der Waals surface area contributed by atoms with E-state index in [2.05, 4.69) is 26.5 Å². The zero-order valence-corrected chi connectivity index (χ0v) is 25.5. The molecule has 5 rings (SSSR count). The predicted molar refractivity (Wildman–Crippen MR) is 162 cm³/mol. The summed E-state index contributed by atoms with van der Waals surface area (Å²) in [5.41, 5.74) is 0.139. The number of carbonyl (C=O) groups excluding carboxylic acids is 1. The van der Waals surface area contributed by atoms with E-state index in [1.807, 2.05) is 46.4 Å². The van der Waals surface area contributed by atoms with E-state index in [1.165, 1.54) is 23.0 Å². The molecule has 0 bridgehead atoms. The molecule has 1 aliphatic heterocycles. The first-order valence-corrected chi connectivity index (χ1v) is 14.5. The van der Waals surface area contributed by atoms with E-state index < -0.39 is 28.8 Å². The van der Waals surface area contributed by atoms with Crippen LogP contribution >= 0.6 is 0 Å². The molecule has 4 heterocycles. The van der Waals surface area contributed by atoms with Crippen molar-refractivity contribution in [1.82, 2.24) is 29.4 Å². The smallest absolute Gasteiger partial charge is 0.349 e.